The molecule has 11 nitrogen and oxygen atoms in total. The maximum atomic E-state index is 11.7. The molecule has 0 rings (SSSR count). The van der Waals surface area contributed by atoms with Gasteiger partial charge in [0.05, 0.1) is 13.2 Å². The molecule has 27 heavy (non-hydrogen) atoms. The van der Waals surface area contributed by atoms with Crippen LogP contribution < -0.4 is 5.32 Å². The number of rotatable bonds is 15. The first kappa shape index (κ1) is 25.5. The summed E-state index contributed by atoms with van der Waals surface area (Å²) in [7, 11) is -4.68. The van der Waals surface area contributed by atoms with E-state index in [9.17, 15) is 28.9 Å². The molecule has 158 valence electrons. The Hall–Kier alpha value is -1.52. The van der Waals surface area contributed by atoms with E-state index in [-0.39, 0.29) is 12.8 Å². The Kier molecular flexibility index (Phi) is 12.9. The van der Waals surface area contributed by atoms with Crippen molar-refractivity contribution >= 4 is 25.7 Å². The molecule has 0 fully saturated rings. The van der Waals surface area contributed by atoms with E-state index in [1.165, 1.54) is 0 Å². The van der Waals surface area contributed by atoms with E-state index in [2.05, 4.69) is 14.4 Å². The van der Waals surface area contributed by atoms with Gasteiger partial charge in [0.1, 0.15) is 12.7 Å². The first-order valence-corrected chi connectivity index (χ1v) is 10.1. The van der Waals surface area contributed by atoms with Crippen molar-refractivity contribution in [1.82, 2.24) is 5.32 Å². The van der Waals surface area contributed by atoms with E-state index >= 15 is 0 Å². The number of nitrogens with one attached hydrogen (secondary N) is 1. The maximum absolute atomic E-state index is 11.7. The smallest absolute Gasteiger partial charge is 0.472 e. The summed E-state index contributed by atoms with van der Waals surface area (Å²) in [6.07, 6.45) is 0.889. The molecule has 0 aromatic rings. The minimum atomic E-state index is -4.68. The number of phosphoric ester groups is 1. The third kappa shape index (κ3) is 13.3. The molecule has 0 aliphatic rings. The normalized spacial score (nSPS) is 15.4. The molecular formula is C15H28NO10P. The lowest BCUT2D eigenvalue weighted by molar-refractivity contribution is -0.147. The van der Waals surface area contributed by atoms with Crippen LogP contribution in [0.2, 0.25) is 0 Å². The molecule has 0 aliphatic heterocycles. The van der Waals surface area contributed by atoms with Crippen LogP contribution >= 0.6 is 7.82 Å². The van der Waals surface area contributed by atoms with E-state index < -0.39 is 57.6 Å². The molecule has 0 saturated heterocycles. The van der Waals surface area contributed by atoms with Crippen molar-refractivity contribution in [1.29, 1.82) is 0 Å². The lowest BCUT2D eigenvalue weighted by Gasteiger charge is -2.18. The van der Waals surface area contributed by atoms with Crippen molar-refractivity contribution in [2.75, 3.05) is 19.8 Å². The van der Waals surface area contributed by atoms with E-state index in [1.54, 1.807) is 6.92 Å². The number of carbonyl (C=O) groups excluding carboxylic acids is 2. The Balaban J connectivity index is 4.29. The predicted molar refractivity (Wildman–Crippen MR) is 92.7 cm³/mol. The van der Waals surface area contributed by atoms with Gasteiger partial charge in [-0.2, -0.15) is 0 Å². The minimum absolute atomic E-state index is 0.0975. The Morgan fingerprint density at radius 3 is 2.22 bits per heavy atom. The van der Waals surface area contributed by atoms with Gasteiger partial charge in [-0.3, -0.25) is 18.6 Å². The number of amides is 1. The number of aliphatic hydroxyl groups is 1. The van der Waals surface area contributed by atoms with Gasteiger partial charge in [-0.1, -0.05) is 20.3 Å². The third-order valence-corrected chi connectivity index (χ3v) is 4.07. The predicted octanol–water partition coefficient (Wildman–Crippen LogP) is 0.584. The molecule has 0 radical (unpaired) electrons. The quantitative estimate of drug-likeness (QED) is 0.220. The van der Waals surface area contributed by atoms with Crippen molar-refractivity contribution in [3.8, 4) is 0 Å². The van der Waals surface area contributed by atoms with Crippen LogP contribution in [-0.4, -0.2) is 64.9 Å². The highest BCUT2D eigenvalue weighted by Crippen LogP contribution is 2.43. The fraction of sp³-hybridized carbons (Fsp3) is 0.800. The number of carboxylic acids is 1. The lowest BCUT2D eigenvalue weighted by Crippen LogP contribution is -2.43. The second-order valence-corrected chi connectivity index (χ2v) is 7.16. The number of unbranched alkanes of at least 4 members (excludes halogenated alkanes) is 1. The SMILES string of the molecule is CCCCC(=O)OCC(O)COP(=O)(O)OCC(NC(=O)CCC)C(=O)O. The molecule has 3 unspecified atom stereocenters. The topological polar surface area (TPSA) is 169 Å². The maximum Gasteiger partial charge on any atom is 0.472 e. The summed E-state index contributed by atoms with van der Waals surface area (Å²) in [5.41, 5.74) is 0. The van der Waals surface area contributed by atoms with Crippen molar-refractivity contribution < 1.29 is 47.8 Å². The summed E-state index contributed by atoms with van der Waals surface area (Å²) in [4.78, 5) is 43.3. The zero-order valence-electron chi connectivity index (χ0n) is 15.5. The third-order valence-electron chi connectivity index (χ3n) is 3.12. The summed E-state index contributed by atoms with van der Waals surface area (Å²) >= 11 is 0. The number of aliphatic hydroxyl groups excluding tert-OH is 1. The van der Waals surface area contributed by atoms with E-state index in [0.29, 0.717) is 12.8 Å². The molecule has 12 heteroatoms. The molecule has 0 aliphatic carbocycles. The van der Waals surface area contributed by atoms with Crippen LogP contribution in [0.3, 0.4) is 0 Å². The fourth-order valence-electron chi connectivity index (χ4n) is 1.69. The van der Waals surface area contributed by atoms with Crippen LogP contribution in [0.25, 0.3) is 0 Å². The van der Waals surface area contributed by atoms with Gasteiger partial charge in [0.15, 0.2) is 6.04 Å². The van der Waals surface area contributed by atoms with Crippen LogP contribution in [-0.2, 0) is 32.7 Å². The summed E-state index contributed by atoms with van der Waals surface area (Å²) in [6, 6.07) is -1.53. The molecule has 0 spiro atoms. The molecule has 4 N–H and O–H groups in total. The van der Waals surface area contributed by atoms with Crippen molar-refractivity contribution in [2.24, 2.45) is 0 Å². The van der Waals surface area contributed by atoms with Gasteiger partial charge in [-0.15, -0.1) is 0 Å². The zero-order chi connectivity index (χ0) is 20.9. The van der Waals surface area contributed by atoms with Crippen molar-refractivity contribution in [3.63, 3.8) is 0 Å². The van der Waals surface area contributed by atoms with Crippen molar-refractivity contribution in [2.45, 2.75) is 58.1 Å². The highest BCUT2D eigenvalue weighted by Gasteiger charge is 2.28. The van der Waals surface area contributed by atoms with Gasteiger partial charge in [-0.05, 0) is 12.8 Å². The van der Waals surface area contributed by atoms with Crippen LogP contribution in [0.15, 0.2) is 0 Å². The van der Waals surface area contributed by atoms with Gasteiger partial charge in [-0.25, -0.2) is 9.36 Å². The molecule has 0 saturated carbocycles. The molecule has 0 aromatic heterocycles. The Morgan fingerprint density at radius 2 is 1.67 bits per heavy atom. The van der Waals surface area contributed by atoms with Crippen LogP contribution in [0.4, 0.5) is 0 Å². The monoisotopic (exact) mass is 413 g/mol. The standard InChI is InChI=1S/C15H28NO10P/c1-3-5-7-14(19)24-8-11(17)9-25-27(22,23)26-10-12(15(20)21)16-13(18)6-4-2/h11-12,17H,3-10H2,1-2H3,(H,16,18)(H,20,21)(H,22,23). The van der Waals surface area contributed by atoms with Gasteiger partial charge in [0, 0.05) is 12.8 Å². The highest BCUT2D eigenvalue weighted by molar-refractivity contribution is 7.47. The van der Waals surface area contributed by atoms with Gasteiger partial charge in [0.2, 0.25) is 5.91 Å². The number of carbonyl (C=O) groups is 3. The number of phosphoric acid groups is 1. The lowest BCUT2D eigenvalue weighted by atomic mass is 10.2. The summed E-state index contributed by atoms with van der Waals surface area (Å²) < 4.78 is 25.5. The number of carboxylic acid groups (broad SMARTS) is 1. The number of hydrogen-bond donors (Lipinski definition) is 4. The molecular weight excluding hydrogens is 385 g/mol. The summed E-state index contributed by atoms with van der Waals surface area (Å²) in [6.45, 7) is 1.73. The van der Waals surface area contributed by atoms with Crippen LogP contribution in [0.5, 0.6) is 0 Å². The van der Waals surface area contributed by atoms with Gasteiger partial charge in [0.25, 0.3) is 0 Å². The van der Waals surface area contributed by atoms with E-state index in [4.69, 9.17) is 9.84 Å². The fourth-order valence-corrected chi connectivity index (χ4v) is 2.46. The first-order valence-electron chi connectivity index (χ1n) is 8.59. The molecule has 1 amide bonds. The van der Waals surface area contributed by atoms with E-state index in [0.717, 1.165) is 6.42 Å². The minimum Gasteiger partial charge on any atom is -0.480 e. The number of aliphatic carboxylic acids is 1. The number of ether oxygens (including phenoxy) is 1. The summed E-state index contributed by atoms with van der Waals surface area (Å²) in [5.74, 6) is -2.49. The average molecular weight is 413 g/mol. The van der Waals surface area contributed by atoms with E-state index in [1.807, 2.05) is 6.92 Å². The second kappa shape index (κ2) is 13.6. The largest absolute Gasteiger partial charge is 0.480 e. The Bertz CT molecular complexity index is 527. The van der Waals surface area contributed by atoms with Crippen molar-refractivity contribution in [3.05, 3.63) is 0 Å². The Morgan fingerprint density at radius 1 is 1.04 bits per heavy atom. The van der Waals surface area contributed by atoms with Gasteiger partial charge >= 0.3 is 19.8 Å². The average Bonchev–Trinajstić information content (AvgIpc) is 2.60. The van der Waals surface area contributed by atoms with Gasteiger partial charge < -0.3 is 25.2 Å². The molecule has 0 aromatic carbocycles. The number of esters is 1. The zero-order valence-corrected chi connectivity index (χ0v) is 16.4. The van der Waals surface area contributed by atoms with Crippen LogP contribution in [0.1, 0.15) is 46.0 Å². The Labute approximate surface area is 157 Å². The first-order chi connectivity index (χ1) is 12.6. The number of hydrogen-bond acceptors (Lipinski definition) is 8. The van der Waals surface area contributed by atoms with Crippen LogP contribution in [0, 0.1) is 0 Å². The second-order valence-electron chi connectivity index (χ2n) is 5.71. The molecule has 3 atom stereocenters. The molecule has 0 bridgehead atoms. The molecule has 0 heterocycles. The summed E-state index contributed by atoms with van der Waals surface area (Å²) in [5, 5.41) is 20.7. The highest BCUT2D eigenvalue weighted by atomic mass is 31.2.